The largest absolute Gasteiger partial charge is 0.490 e. The Morgan fingerprint density at radius 1 is 1.25 bits per heavy atom. The van der Waals surface area contributed by atoms with Crippen molar-refractivity contribution >= 4 is 27.6 Å². The summed E-state index contributed by atoms with van der Waals surface area (Å²) in [6.45, 7) is 1.27. The lowest BCUT2D eigenvalue weighted by atomic mass is 9.85. The highest BCUT2D eigenvalue weighted by atomic mass is 32.2. The van der Waals surface area contributed by atoms with E-state index in [1.54, 1.807) is 16.7 Å². The Balaban J connectivity index is 0.000000454. The molecule has 2 aromatic heterocycles. The average Bonchev–Trinajstić information content (AvgIpc) is 3.38. The van der Waals surface area contributed by atoms with Gasteiger partial charge >= 0.3 is 12.1 Å². The number of nitrogens with zero attached hydrogens (tertiary/aromatic N) is 4. The van der Waals surface area contributed by atoms with E-state index >= 15 is 0 Å². The summed E-state index contributed by atoms with van der Waals surface area (Å²) in [5.41, 5.74) is -0.865. The van der Waals surface area contributed by atoms with Gasteiger partial charge in [0, 0.05) is 37.4 Å². The van der Waals surface area contributed by atoms with E-state index in [0.717, 1.165) is 0 Å². The predicted octanol–water partition coefficient (Wildman–Crippen LogP) is 0.839. The van der Waals surface area contributed by atoms with Crippen LogP contribution >= 0.6 is 0 Å². The summed E-state index contributed by atoms with van der Waals surface area (Å²) in [5.74, 6) is -2.58. The predicted molar refractivity (Wildman–Crippen MR) is 118 cm³/mol. The second-order valence-corrected chi connectivity index (χ2v) is 10.2. The van der Waals surface area contributed by atoms with Gasteiger partial charge in [-0.2, -0.15) is 18.2 Å². The molecule has 12 nitrogen and oxygen atoms in total. The number of ether oxygens (including phenoxy) is 1. The van der Waals surface area contributed by atoms with Crippen molar-refractivity contribution in [3.05, 3.63) is 46.3 Å². The van der Waals surface area contributed by atoms with E-state index in [1.807, 2.05) is 0 Å². The smallest absolute Gasteiger partial charge is 0.480 e. The molecule has 1 unspecified atom stereocenters. The monoisotopic (exact) mass is 533 g/mol. The highest BCUT2D eigenvalue weighted by Gasteiger charge is 2.48. The lowest BCUT2D eigenvalue weighted by molar-refractivity contribution is -0.192. The highest BCUT2D eigenvalue weighted by Crippen LogP contribution is 2.41. The number of carbonyl (C=O) groups excluding carboxylic acids is 1. The zero-order valence-electron chi connectivity index (χ0n) is 19.1. The quantitative estimate of drug-likeness (QED) is 0.580. The van der Waals surface area contributed by atoms with E-state index in [9.17, 15) is 31.2 Å². The first-order chi connectivity index (χ1) is 16.7. The summed E-state index contributed by atoms with van der Waals surface area (Å²) in [4.78, 5) is 42.4. The van der Waals surface area contributed by atoms with Crippen LogP contribution in [-0.4, -0.2) is 76.9 Å². The third-order valence-electron chi connectivity index (χ3n) is 5.79. The molecule has 1 fully saturated rings. The third-order valence-corrected chi connectivity index (χ3v) is 7.04. The molecule has 2 aliphatic heterocycles. The number of hydrogen-bond donors (Lipinski definition) is 2. The molecule has 0 radical (unpaired) electrons. The maximum atomic E-state index is 12.7. The van der Waals surface area contributed by atoms with Crippen LogP contribution in [-0.2, 0) is 26.8 Å². The molecule has 1 atom stereocenters. The van der Waals surface area contributed by atoms with E-state index in [4.69, 9.17) is 14.6 Å². The Hall–Kier alpha value is -3.53. The number of carbonyl (C=O) groups is 2. The molecule has 2 aliphatic rings. The first-order valence-electron chi connectivity index (χ1n) is 10.4. The molecule has 1 amide bonds. The number of rotatable bonds is 4. The molecule has 4 heterocycles. The molecule has 0 saturated carbocycles. The number of amides is 1. The van der Waals surface area contributed by atoms with Crippen LogP contribution in [0.15, 0.2) is 29.3 Å². The fraction of sp³-hybridized carbons (Fsp3) is 0.450. The van der Waals surface area contributed by atoms with Crippen LogP contribution in [0.3, 0.4) is 0 Å². The fourth-order valence-corrected chi connectivity index (χ4v) is 4.94. The van der Waals surface area contributed by atoms with Gasteiger partial charge in [-0.25, -0.2) is 22.5 Å². The van der Waals surface area contributed by atoms with Crippen molar-refractivity contribution in [3.63, 3.8) is 0 Å². The molecule has 36 heavy (non-hydrogen) atoms. The number of alkyl halides is 3. The summed E-state index contributed by atoms with van der Waals surface area (Å²) in [5, 5.41) is 9.76. The molecule has 0 aromatic carbocycles. The lowest BCUT2D eigenvalue weighted by Gasteiger charge is -2.22. The number of hydrogen-bond acceptors (Lipinski definition) is 8. The number of sulfonamides is 1. The molecule has 2 aromatic rings. The second-order valence-electron chi connectivity index (χ2n) is 8.17. The van der Waals surface area contributed by atoms with Crippen LogP contribution < -0.4 is 15.6 Å². The van der Waals surface area contributed by atoms with Gasteiger partial charge in [-0.15, -0.1) is 0 Å². The summed E-state index contributed by atoms with van der Waals surface area (Å²) in [7, 11) is -1.87. The molecule has 0 bridgehead atoms. The van der Waals surface area contributed by atoms with E-state index in [1.165, 1.54) is 30.1 Å². The van der Waals surface area contributed by atoms with E-state index in [2.05, 4.69) is 15.3 Å². The number of aliphatic carboxylic acids is 1. The van der Waals surface area contributed by atoms with Gasteiger partial charge in [-0.1, -0.05) is 0 Å². The van der Waals surface area contributed by atoms with E-state index in [-0.39, 0.29) is 11.4 Å². The van der Waals surface area contributed by atoms with Crippen LogP contribution in [0.4, 0.5) is 18.9 Å². The molecule has 196 valence electrons. The number of carboxylic acids is 1. The fourth-order valence-electron chi connectivity index (χ4n) is 4.03. The first kappa shape index (κ1) is 27.1. The minimum atomic E-state index is -5.08. The van der Waals surface area contributed by atoms with E-state index < -0.39 is 39.1 Å². The van der Waals surface area contributed by atoms with Crippen molar-refractivity contribution in [1.82, 2.24) is 18.8 Å². The Morgan fingerprint density at radius 2 is 1.89 bits per heavy atom. The maximum absolute atomic E-state index is 12.7. The van der Waals surface area contributed by atoms with Gasteiger partial charge < -0.3 is 19.7 Å². The van der Waals surface area contributed by atoms with Crippen molar-refractivity contribution in [2.75, 3.05) is 31.8 Å². The van der Waals surface area contributed by atoms with Gasteiger partial charge in [0.25, 0.3) is 11.5 Å². The third kappa shape index (κ3) is 5.64. The SMILES string of the molecule is COc1ncccc1NC(=O)c1cn2c(nc1=O)C1(CCN(S(C)(=O)=O)C1)CC2.O=C(O)C(F)(F)F. The van der Waals surface area contributed by atoms with Gasteiger partial charge in [-0.3, -0.25) is 9.59 Å². The zero-order valence-corrected chi connectivity index (χ0v) is 19.9. The van der Waals surface area contributed by atoms with Crippen LogP contribution in [0.2, 0.25) is 0 Å². The number of pyridine rings is 1. The number of fused-ring (bicyclic) bond motifs is 2. The number of aryl methyl sites for hydroxylation is 1. The minimum absolute atomic E-state index is 0.0883. The Bertz CT molecular complexity index is 1350. The van der Waals surface area contributed by atoms with Crippen LogP contribution in [0, 0.1) is 0 Å². The molecule has 1 spiro atoms. The second kappa shape index (κ2) is 9.85. The summed E-state index contributed by atoms with van der Waals surface area (Å²) < 4.78 is 63.8. The lowest BCUT2D eigenvalue weighted by Crippen LogP contribution is -2.35. The van der Waals surface area contributed by atoms with Gasteiger partial charge in [-0.05, 0) is 25.0 Å². The standard InChI is InChI=1S/C18H21N5O5S.C2HF3O2/c1-28-16-13(4-3-7-19-16)20-14(24)12-10-22-8-5-18(17(22)21-15(12)25)6-9-23(11-18)29(2,26)27;3-2(4,5)1(6)7/h3-4,7,10H,5-6,8-9,11H2,1-2H3,(H,20,24);(H,6,7). The van der Waals surface area contributed by atoms with Gasteiger partial charge in [0.15, 0.2) is 0 Å². The van der Waals surface area contributed by atoms with E-state index in [0.29, 0.717) is 44.0 Å². The molecule has 1 saturated heterocycles. The Kier molecular flexibility index (Phi) is 7.40. The van der Waals surface area contributed by atoms with Gasteiger partial charge in [0.1, 0.15) is 17.1 Å². The number of methoxy groups -OCH3 is 1. The Labute approximate surface area is 202 Å². The summed E-state index contributed by atoms with van der Waals surface area (Å²) in [6, 6.07) is 3.26. The van der Waals surface area contributed by atoms with Crippen molar-refractivity contribution in [2.45, 2.75) is 31.0 Å². The number of carboxylic acid groups (broad SMARTS) is 1. The topological polar surface area (TPSA) is 161 Å². The first-order valence-corrected chi connectivity index (χ1v) is 12.2. The highest BCUT2D eigenvalue weighted by molar-refractivity contribution is 7.88. The number of aromatic nitrogens is 3. The van der Waals surface area contributed by atoms with Crippen LogP contribution in [0.25, 0.3) is 0 Å². The van der Waals surface area contributed by atoms with Crippen molar-refractivity contribution < 1.29 is 41.0 Å². The van der Waals surface area contributed by atoms with Crippen molar-refractivity contribution in [2.24, 2.45) is 0 Å². The van der Waals surface area contributed by atoms with Crippen LogP contribution in [0.5, 0.6) is 5.88 Å². The van der Waals surface area contributed by atoms with Crippen LogP contribution in [0.1, 0.15) is 29.0 Å². The van der Waals surface area contributed by atoms with Crippen molar-refractivity contribution in [1.29, 1.82) is 0 Å². The van der Waals surface area contributed by atoms with Crippen molar-refractivity contribution in [3.8, 4) is 5.88 Å². The Morgan fingerprint density at radius 3 is 2.44 bits per heavy atom. The molecule has 16 heteroatoms. The number of nitrogens with one attached hydrogen (secondary N) is 1. The minimum Gasteiger partial charge on any atom is -0.480 e. The maximum Gasteiger partial charge on any atom is 0.490 e. The molecular weight excluding hydrogens is 511 g/mol. The van der Waals surface area contributed by atoms with Gasteiger partial charge in [0.05, 0.1) is 13.4 Å². The number of halogens is 3. The van der Waals surface area contributed by atoms with Gasteiger partial charge in [0.2, 0.25) is 15.9 Å². The number of anilines is 1. The molecule has 4 rings (SSSR count). The molecule has 2 N–H and O–H groups in total. The molecular formula is C20H22F3N5O7S. The summed E-state index contributed by atoms with van der Waals surface area (Å²) in [6.07, 6.45) is 0.404. The molecule has 0 aliphatic carbocycles. The normalized spacial score (nSPS) is 19.4. The zero-order chi connectivity index (χ0) is 26.9. The average molecular weight is 533 g/mol. The summed E-state index contributed by atoms with van der Waals surface area (Å²) >= 11 is 0.